The van der Waals surface area contributed by atoms with Crippen LogP contribution in [-0.4, -0.2) is 25.1 Å². The first-order valence-corrected chi connectivity index (χ1v) is 8.88. The predicted molar refractivity (Wildman–Crippen MR) is 99.7 cm³/mol. The number of hydrogen-bond donors (Lipinski definition) is 3. The average Bonchev–Trinajstić information content (AvgIpc) is 2.66. The van der Waals surface area contributed by atoms with Crippen molar-refractivity contribution in [2.45, 2.75) is 25.2 Å². The fourth-order valence-electron chi connectivity index (χ4n) is 3.61. The molecule has 6 nitrogen and oxygen atoms in total. The molecular weight excluding hydrogens is 330 g/mol. The van der Waals surface area contributed by atoms with Gasteiger partial charge in [-0.15, -0.1) is 0 Å². The van der Waals surface area contributed by atoms with Crippen molar-refractivity contribution in [1.29, 1.82) is 0 Å². The molecule has 0 spiro atoms. The van der Waals surface area contributed by atoms with E-state index in [9.17, 15) is 9.59 Å². The summed E-state index contributed by atoms with van der Waals surface area (Å²) in [5.74, 6) is 0.736. The first-order chi connectivity index (χ1) is 12.7. The number of fused-ring (bicyclic) bond motifs is 2. The van der Waals surface area contributed by atoms with Gasteiger partial charge in [0, 0.05) is 24.2 Å². The minimum absolute atomic E-state index is 0.0102. The molecule has 0 saturated heterocycles. The van der Waals surface area contributed by atoms with Crippen molar-refractivity contribution < 1.29 is 14.3 Å². The van der Waals surface area contributed by atoms with Crippen LogP contribution in [0.3, 0.4) is 0 Å². The van der Waals surface area contributed by atoms with E-state index in [1.165, 1.54) is 11.1 Å². The number of urea groups is 1. The van der Waals surface area contributed by atoms with Crippen molar-refractivity contribution >= 4 is 23.3 Å². The normalized spacial score (nSPS) is 18.0. The molecule has 4 rings (SSSR count). The van der Waals surface area contributed by atoms with Gasteiger partial charge in [-0.3, -0.25) is 4.79 Å². The summed E-state index contributed by atoms with van der Waals surface area (Å²) in [6.45, 7) is 0.601. The van der Waals surface area contributed by atoms with Crippen molar-refractivity contribution in [3.8, 4) is 5.75 Å². The molecule has 134 valence electrons. The van der Waals surface area contributed by atoms with Gasteiger partial charge in [0.2, 0.25) is 0 Å². The molecule has 3 amide bonds. The number of aryl methyl sites for hydroxylation is 1. The van der Waals surface area contributed by atoms with Crippen LogP contribution in [0.15, 0.2) is 42.5 Å². The number of anilines is 2. The second-order valence-electron chi connectivity index (χ2n) is 6.67. The third-order valence-corrected chi connectivity index (χ3v) is 4.87. The van der Waals surface area contributed by atoms with E-state index in [4.69, 9.17) is 4.74 Å². The summed E-state index contributed by atoms with van der Waals surface area (Å²) in [6, 6.07) is 13.4. The molecule has 1 atom stereocenters. The third kappa shape index (κ3) is 3.49. The van der Waals surface area contributed by atoms with Crippen LogP contribution in [0.1, 0.15) is 29.9 Å². The first kappa shape index (κ1) is 16.4. The van der Waals surface area contributed by atoms with E-state index in [1.54, 1.807) is 18.2 Å². The maximum Gasteiger partial charge on any atom is 0.319 e. The van der Waals surface area contributed by atoms with E-state index in [0.29, 0.717) is 29.6 Å². The van der Waals surface area contributed by atoms with Crippen LogP contribution in [0.5, 0.6) is 5.75 Å². The highest BCUT2D eigenvalue weighted by Crippen LogP contribution is 2.32. The molecule has 2 aromatic carbocycles. The second kappa shape index (κ2) is 7.07. The van der Waals surface area contributed by atoms with Crippen molar-refractivity contribution in [2.75, 3.05) is 23.8 Å². The van der Waals surface area contributed by atoms with Crippen LogP contribution >= 0.6 is 0 Å². The topological polar surface area (TPSA) is 79.5 Å². The number of rotatable bonds is 3. The largest absolute Gasteiger partial charge is 0.482 e. The molecule has 26 heavy (non-hydrogen) atoms. The molecule has 1 unspecified atom stereocenters. The van der Waals surface area contributed by atoms with Crippen molar-refractivity contribution in [1.82, 2.24) is 5.32 Å². The van der Waals surface area contributed by atoms with Gasteiger partial charge >= 0.3 is 6.03 Å². The summed E-state index contributed by atoms with van der Waals surface area (Å²) >= 11 is 0. The Morgan fingerprint density at radius 1 is 1.23 bits per heavy atom. The summed E-state index contributed by atoms with van der Waals surface area (Å²) < 4.78 is 5.37. The van der Waals surface area contributed by atoms with Crippen LogP contribution in [-0.2, 0) is 11.2 Å². The third-order valence-electron chi connectivity index (χ3n) is 4.87. The van der Waals surface area contributed by atoms with E-state index < -0.39 is 0 Å². The lowest BCUT2D eigenvalue weighted by Gasteiger charge is -2.25. The molecular formula is C20H21N3O3. The maximum atomic E-state index is 12.3. The fourth-order valence-corrected chi connectivity index (χ4v) is 3.61. The second-order valence-corrected chi connectivity index (χ2v) is 6.67. The van der Waals surface area contributed by atoms with Gasteiger partial charge in [0.05, 0.1) is 5.69 Å². The summed E-state index contributed by atoms with van der Waals surface area (Å²) in [5.41, 5.74) is 3.98. The van der Waals surface area contributed by atoms with E-state index >= 15 is 0 Å². The van der Waals surface area contributed by atoms with Gasteiger partial charge in [-0.05, 0) is 42.5 Å². The molecule has 3 N–H and O–H groups in total. The molecule has 2 aromatic rings. The summed E-state index contributed by atoms with van der Waals surface area (Å²) in [7, 11) is 0. The Balaban J connectivity index is 1.36. The Kier molecular flexibility index (Phi) is 4.48. The van der Waals surface area contributed by atoms with Crippen molar-refractivity contribution in [3.05, 3.63) is 53.6 Å². The Morgan fingerprint density at radius 2 is 2.12 bits per heavy atom. The minimum Gasteiger partial charge on any atom is -0.482 e. The van der Waals surface area contributed by atoms with Crippen LogP contribution in [0.25, 0.3) is 0 Å². The van der Waals surface area contributed by atoms with Crippen LogP contribution < -0.4 is 20.7 Å². The zero-order valence-corrected chi connectivity index (χ0v) is 14.4. The lowest BCUT2D eigenvalue weighted by atomic mass is 9.83. The Morgan fingerprint density at radius 3 is 3.04 bits per heavy atom. The van der Waals surface area contributed by atoms with Gasteiger partial charge in [-0.2, -0.15) is 0 Å². The van der Waals surface area contributed by atoms with Gasteiger partial charge in [-0.1, -0.05) is 24.3 Å². The number of hydrogen-bond acceptors (Lipinski definition) is 3. The highest BCUT2D eigenvalue weighted by atomic mass is 16.5. The summed E-state index contributed by atoms with van der Waals surface area (Å²) in [6.07, 6.45) is 3.35. The highest BCUT2D eigenvalue weighted by Gasteiger charge is 2.20. The lowest BCUT2D eigenvalue weighted by Crippen LogP contribution is -2.33. The number of amides is 3. The molecule has 6 heteroatoms. The van der Waals surface area contributed by atoms with Crippen LogP contribution in [0, 0.1) is 0 Å². The average molecular weight is 351 g/mol. The molecule has 1 heterocycles. The van der Waals surface area contributed by atoms with Crippen LogP contribution in [0.2, 0.25) is 0 Å². The van der Waals surface area contributed by atoms with Crippen LogP contribution in [0.4, 0.5) is 16.2 Å². The molecule has 0 aromatic heterocycles. The van der Waals surface area contributed by atoms with E-state index in [2.05, 4.69) is 40.2 Å². The van der Waals surface area contributed by atoms with Gasteiger partial charge in [0.25, 0.3) is 5.91 Å². The van der Waals surface area contributed by atoms with Gasteiger partial charge in [0.15, 0.2) is 6.61 Å². The van der Waals surface area contributed by atoms with Gasteiger partial charge in [0.1, 0.15) is 5.75 Å². The predicted octanol–water partition coefficient (Wildman–Crippen LogP) is 3.26. The summed E-state index contributed by atoms with van der Waals surface area (Å²) in [5, 5.41) is 8.52. The molecule has 1 aliphatic heterocycles. The monoisotopic (exact) mass is 351 g/mol. The number of nitrogens with one attached hydrogen (secondary N) is 3. The van der Waals surface area contributed by atoms with E-state index in [-0.39, 0.29) is 18.5 Å². The standard InChI is InChI=1S/C20H21N3O3/c24-19-12-26-18-10-15(8-9-17(18)23-19)22-20(25)21-11-14-6-3-5-13-4-1-2-7-16(13)14/h1-2,4,7-10,14H,3,5-6,11-12H2,(H,23,24)(H2,21,22,25). The Labute approximate surface area is 151 Å². The smallest absolute Gasteiger partial charge is 0.319 e. The van der Waals surface area contributed by atoms with Gasteiger partial charge in [-0.25, -0.2) is 4.79 Å². The van der Waals surface area contributed by atoms with Crippen molar-refractivity contribution in [3.63, 3.8) is 0 Å². The zero-order chi connectivity index (χ0) is 17.9. The Bertz CT molecular complexity index is 850. The SMILES string of the molecule is O=C1COc2cc(NC(=O)NCC3CCCc4ccccc43)ccc2N1. The lowest BCUT2D eigenvalue weighted by molar-refractivity contribution is -0.118. The maximum absolute atomic E-state index is 12.3. The number of benzene rings is 2. The zero-order valence-electron chi connectivity index (χ0n) is 14.4. The molecule has 0 radical (unpaired) electrons. The highest BCUT2D eigenvalue weighted by molar-refractivity contribution is 5.96. The van der Waals surface area contributed by atoms with E-state index in [1.807, 2.05) is 0 Å². The molecule has 2 aliphatic rings. The quantitative estimate of drug-likeness (QED) is 0.794. The van der Waals surface area contributed by atoms with E-state index in [0.717, 1.165) is 19.3 Å². The number of carbonyl (C=O) groups excluding carboxylic acids is 2. The first-order valence-electron chi connectivity index (χ1n) is 8.88. The molecule has 0 saturated carbocycles. The number of carbonyl (C=O) groups is 2. The van der Waals surface area contributed by atoms with Gasteiger partial charge < -0.3 is 20.7 Å². The fraction of sp³-hybridized carbons (Fsp3) is 0.300. The number of ether oxygens (including phenoxy) is 1. The summed E-state index contributed by atoms with van der Waals surface area (Å²) in [4.78, 5) is 23.6. The minimum atomic E-state index is -0.243. The molecule has 1 aliphatic carbocycles. The molecule has 0 bridgehead atoms. The Hall–Kier alpha value is -3.02. The van der Waals surface area contributed by atoms with Crippen molar-refractivity contribution in [2.24, 2.45) is 0 Å². The molecule has 0 fully saturated rings.